The zero-order chi connectivity index (χ0) is 26.6. The van der Waals surface area contributed by atoms with Crippen molar-refractivity contribution in [2.45, 2.75) is 0 Å². The van der Waals surface area contributed by atoms with Gasteiger partial charge in [0.1, 0.15) is 6.07 Å². The van der Waals surface area contributed by atoms with Gasteiger partial charge in [-0.25, -0.2) is 0 Å². The smallest absolute Gasteiger partial charge is 0.101 e. The lowest BCUT2D eigenvalue weighted by atomic mass is 9.96. The number of hydrogen-bond donors (Lipinski definition) is 0. The van der Waals surface area contributed by atoms with Crippen LogP contribution in [0.5, 0.6) is 0 Å². The average molecular weight is 527 g/mol. The van der Waals surface area contributed by atoms with Crippen molar-refractivity contribution in [3.05, 3.63) is 139 Å². The monoisotopic (exact) mass is 526 g/mol. The van der Waals surface area contributed by atoms with Gasteiger partial charge in [0.25, 0.3) is 0 Å². The molecule has 6 aromatic carbocycles. The molecule has 8 rings (SSSR count). The SMILES string of the molecule is N#Cc1cccc(-c2ccc(-c3cccc4c3sc3ccccc34)cc2)c1-n1c2ccccc2c2ccccc21. The normalized spacial score (nSPS) is 11.5. The Kier molecular flexibility index (Phi) is 5.10. The average Bonchev–Trinajstić information content (AvgIpc) is 3.57. The fraction of sp³-hybridized carbons (Fsp3) is 0. The Balaban J connectivity index is 1.33. The number of nitrogens with zero attached hydrogens (tertiary/aromatic N) is 2. The van der Waals surface area contributed by atoms with Gasteiger partial charge in [0.2, 0.25) is 0 Å². The first kappa shape index (κ1) is 22.8. The van der Waals surface area contributed by atoms with Crippen molar-refractivity contribution in [3.8, 4) is 34.0 Å². The van der Waals surface area contributed by atoms with E-state index in [1.807, 2.05) is 23.5 Å². The lowest BCUT2D eigenvalue weighted by Gasteiger charge is -2.16. The van der Waals surface area contributed by atoms with Gasteiger partial charge in [-0.15, -0.1) is 11.3 Å². The zero-order valence-electron chi connectivity index (χ0n) is 21.5. The maximum Gasteiger partial charge on any atom is 0.101 e. The highest BCUT2D eigenvalue weighted by molar-refractivity contribution is 7.26. The molecule has 2 heterocycles. The summed E-state index contributed by atoms with van der Waals surface area (Å²) >= 11 is 1.85. The van der Waals surface area contributed by atoms with E-state index >= 15 is 0 Å². The predicted octanol–water partition coefficient (Wildman–Crippen LogP) is 10.4. The molecule has 0 aliphatic carbocycles. The first-order valence-corrected chi connectivity index (χ1v) is 14.2. The molecule has 0 radical (unpaired) electrons. The van der Waals surface area contributed by atoms with E-state index in [9.17, 15) is 5.26 Å². The van der Waals surface area contributed by atoms with E-state index in [1.54, 1.807) is 0 Å². The second-order valence-electron chi connectivity index (χ2n) is 10.0. The molecule has 2 nitrogen and oxygen atoms in total. The van der Waals surface area contributed by atoms with E-state index in [2.05, 4.69) is 132 Å². The Hall–Kier alpha value is -5.17. The second kappa shape index (κ2) is 8.95. The molecule has 0 aliphatic heterocycles. The van der Waals surface area contributed by atoms with Gasteiger partial charge in [-0.05, 0) is 41.0 Å². The molecular weight excluding hydrogens is 504 g/mol. The Morgan fingerprint density at radius 1 is 0.500 bits per heavy atom. The third-order valence-corrected chi connectivity index (χ3v) is 9.09. The molecule has 2 aromatic heterocycles. The van der Waals surface area contributed by atoms with Gasteiger partial charge in [0.05, 0.1) is 22.3 Å². The number of rotatable bonds is 3. The van der Waals surface area contributed by atoms with Crippen molar-refractivity contribution in [1.82, 2.24) is 4.57 Å². The molecule has 0 N–H and O–H groups in total. The largest absolute Gasteiger partial charge is 0.307 e. The van der Waals surface area contributed by atoms with E-state index < -0.39 is 0 Å². The molecule has 0 aliphatic rings. The van der Waals surface area contributed by atoms with E-state index in [0.29, 0.717) is 5.56 Å². The van der Waals surface area contributed by atoms with Crippen LogP contribution in [0.1, 0.15) is 5.56 Å². The number of aromatic nitrogens is 1. The highest BCUT2D eigenvalue weighted by Crippen LogP contribution is 2.41. The second-order valence-corrected chi connectivity index (χ2v) is 11.1. The van der Waals surface area contributed by atoms with Crippen molar-refractivity contribution in [2.75, 3.05) is 0 Å². The van der Waals surface area contributed by atoms with E-state index in [0.717, 1.165) is 27.8 Å². The Morgan fingerprint density at radius 3 is 1.75 bits per heavy atom. The van der Waals surface area contributed by atoms with Gasteiger partial charge in [0.15, 0.2) is 0 Å². The van der Waals surface area contributed by atoms with Gasteiger partial charge >= 0.3 is 0 Å². The van der Waals surface area contributed by atoms with Crippen LogP contribution in [0.15, 0.2) is 133 Å². The van der Waals surface area contributed by atoms with Crippen molar-refractivity contribution in [3.63, 3.8) is 0 Å². The Morgan fingerprint density at radius 2 is 1.05 bits per heavy atom. The Labute approximate surface area is 235 Å². The minimum atomic E-state index is 0.656. The highest BCUT2D eigenvalue weighted by atomic mass is 32.1. The molecule has 3 heteroatoms. The summed E-state index contributed by atoms with van der Waals surface area (Å²) < 4.78 is 4.88. The number of para-hydroxylation sites is 3. The van der Waals surface area contributed by atoms with Crippen LogP contribution in [-0.2, 0) is 0 Å². The fourth-order valence-electron chi connectivity index (χ4n) is 6.07. The van der Waals surface area contributed by atoms with Gasteiger partial charge in [0, 0.05) is 36.5 Å². The third-order valence-electron chi connectivity index (χ3n) is 7.87. The summed E-state index contributed by atoms with van der Waals surface area (Å²) in [6.07, 6.45) is 0. The molecular formula is C37H22N2S. The first-order chi connectivity index (χ1) is 19.8. The summed E-state index contributed by atoms with van der Waals surface area (Å²) in [5, 5.41) is 15.2. The molecule has 0 atom stereocenters. The van der Waals surface area contributed by atoms with Crippen LogP contribution in [0.4, 0.5) is 0 Å². The molecule has 186 valence electrons. The summed E-state index contributed by atoms with van der Waals surface area (Å²) in [7, 11) is 0. The van der Waals surface area contributed by atoms with Crippen LogP contribution in [0.3, 0.4) is 0 Å². The molecule has 0 saturated heterocycles. The highest BCUT2D eigenvalue weighted by Gasteiger charge is 2.19. The molecule has 0 amide bonds. The predicted molar refractivity (Wildman–Crippen MR) is 169 cm³/mol. The Bertz CT molecular complexity index is 2220. The molecule has 0 spiro atoms. The van der Waals surface area contributed by atoms with Crippen LogP contribution in [0.25, 0.3) is 69.9 Å². The molecule has 40 heavy (non-hydrogen) atoms. The van der Waals surface area contributed by atoms with Crippen molar-refractivity contribution in [1.29, 1.82) is 5.26 Å². The van der Waals surface area contributed by atoms with Gasteiger partial charge in [-0.1, -0.05) is 109 Å². The third kappa shape index (κ3) is 3.34. The van der Waals surface area contributed by atoms with Gasteiger partial charge in [-0.2, -0.15) is 5.26 Å². The van der Waals surface area contributed by atoms with Crippen LogP contribution < -0.4 is 0 Å². The van der Waals surface area contributed by atoms with Crippen molar-refractivity contribution < 1.29 is 0 Å². The van der Waals surface area contributed by atoms with Crippen molar-refractivity contribution in [2.24, 2.45) is 0 Å². The lowest BCUT2D eigenvalue weighted by molar-refractivity contribution is 1.17. The van der Waals surface area contributed by atoms with Crippen LogP contribution in [-0.4, -0.2) is 4.57 Å². The molecule has 0 bridgehead atoms. The molecule has 0 saturated carbocycles. The van der Waals surface area contributed by atoms with Gasteiger partial charge < -0.3 is 4.57 Å². The summed E-state index contributed by atoms with van der Waals surface area (Å²) in [6.45, 7) is 0. The standard InChI is InChI=1S/C37H22N2S/c38-23-26-9-7-13-27(36(26)39-33-16-4-1-10-29(33)30-11-2-5-17-34(30)39)24-19-21-25(22-20-24)28-14-8-15-32-31-12-3-6-18-35(31)40-37(28)32/h1-22H. The molecule has 0 fully saturated rings. The molecule has 8 aromatic rings. The lowest BCUT2D eigenvalue weighted by Crippen LogP contribution is -2.00. The molecule has 0 unspecified atom stereocenters. The number of hydrogen-bond acceptors (Lipinski definition) is 2. The zero-order valence-corrected chi connectivity index (χ0v) is 22.3. The topological polar surface area (TPSA) is 28.7 Å². The number of fused-ring (bicyclic) bond motifs is 6. The van der Waals surface area contributed by atoms with E-state index in [1.165, 1.54) is 42.1 Å². The minimum Gasteiger partial charge on any atom is -0.307 e. The minimum absolute atomic E-state index is 0.656. The van der Waals surface area contributed by atoms with Crippen LogP contribution in [0.2, 0.25) is 0 Å². The quantitative estimate of drug-likeness (QED) is 0.225. The number of benzene rings is 6. The van der Waals surface area contributed by atoms with Crippen molar-refractivity contribution >= 4 is 53.3 Å². The summed E-state index contributed by atoms with van der Waals surface area (Å²) in [4.78, 5) is 0. The first-order valence-electron chi connectivity index (χ1n) is 13.3. The van der Waals surface area contributed by atoms with E-state index in [4.69, 9.17) is 0 Å². The summed E-state index contributed by atoms with van der Waals surface area (Å²) in [5.41, 5.74) is 8.33. The fourth-order valence-corrected chi connectivity index (χ4v) is 7.31. The van der Waals surface area contributed by atoms with Crippen LogP contribution >= 0.6 is 11.3 Å². The maximum atomic E-state index is 10.2. The van der Waals surface area contributed by atoms with Crippen LogP contribution in [0, 0.1) is 11.3 Å². The number of thiophene rings is 1. The summed E-state index contributed by atoms with van der Waals surface area (Å²) in [6, 6.07) is 49.4. The van der Waals surface area contributed by atoms with E-state index in [-0.39, 0.29) is 0 Å². The number of nitriles is 1. The maximum absolute atomic E-state index is 10.2. The summed E-state index contributed by atoms with van der Waals surface area (Å²) in [5.74, 6) is 0. The van der Waals surface area contributed by atoms with Gasteiger partial charge in [-0.3, -0.25) is 0 Å².